The number of hydrogen-bond donors (Lipinski definition) is 1. The van der Waals surface area contributed by atoms with Crippen LogP contribution in [0.25, 0.3) is 0 Å². The molecule has 1 rings (SSSR count). The van der Waals surface area contributed by atoms with E-state index >= 15 is 0 Å². The van der Waals surface area contributed by atoms with Crippen LogP contribution in [0.15, 0.2) is 29.2 Å². The van der Waals surface area contributed by atoms with Crippen LogP contribution in [0.1, 0.15) is 44.0 Å². The molecule has 19 heavy (non-hydrogen) atoms. The molecule has 0 aromatic heterocycles. The van der Waals surface area contributed by atoms with Gasteiger partial charge in [-0.1, -0.05) is 19.4 Å². The second kappa shape index (κ2) is 5.92. The summed E-state index contributed by atoms with van der Waals surface area (Å²) in [4.78, 5) is 12.0. The fourth-order valence-electron chi connectivity index (χ4n) is 1.86. The Labute approximate surface area is 118 Å². The van der Waals surface area contributed by atoms with E-state index in [2.05, 4.69) is 5.32 Å². The van der Waals surface area contributed by atoms with E-state index in [1.165, 1.54) is 18.2 Å². The van der Waals surface area contributed by atoms with Crippen LogP contribution in [0, 0.1) is 0 Å². The summed E-state index contributed by atoms with van der Waals surface area (Å²) in [5.41, 5.74) is -0.0484. The van der Waals surface area contributed by atoms with Gasteiger partial charge in [0.15, 0.2) is 0 Å². The van der Waals surface area contributed by atoms with E-state index in [0.717, 1.165) is 12.8 Å². The maximum atomic E-state index is 12.1. The highest BCUT2D eigenvalue weighted by Gasteiger charge is 2.21. The molecule has 0 heterocycles. The topological polar surface area (TPSA) is 63.2 Å². The first-order valence-electron chi connectivity index (χ1n) is 6.03. The molecule has 1 aromatic rings. The van der Waals surface area contributed by atoms with Crippen molar-refractivity contribution in [2.45, 2.75) is 44.0 Å². The minimum absolute atomic E-state index is 0.0740. The van der Waals surface area contributed by atoms with E-state index in [0.29, 0.717) is 0 Å². The van der Waals surface area contributed by atoms with E-state index in [-0.39, 0.29) is 21.9 Å². The van der Waals surface area contributed by atoms with Crippen molar-refractivity contribution in [2.75, 3.05) is 0 Å². The first-order valence-corrected chi connectivity index (χ1v) is 8.34. The first-order chi connectivity index (χ1) is 8.65. The van der Waals surface area contributed by atoms with Crippen LogP contribution in [0.3, 0.4) is 0 Å². The number of halogens is 1. The average molecular weight is 304 g/mol. The molecule has 0 spiro atoms. The van der Waals surface area contributed by atoms with Crippen molar-refractivity contribution in [3.63, 3.8) is 0 Å². The quantitative estimate of drug-likeness (QED) is 0.851. The van der Waals surface area contributed by atoms with Gasteiger partial charge in [0.25, 0.3) is 15.0 Å². The van der Waals surface area contributed by atoms with Gasteiger partial charge in [0.05, 0.1) is 4.90 Å². The Morgan fingerprint density at radius 1 is 1.37 bits per heavy atom. The number of hydrogen-bond acceptors (Lipinski definition) is 3. The number of carbonyl (C=O) groups excluding carboxylic acids is 1. The normalized spacial score (nSPS) is 12.2. The summed E-state index contributed by atoms with van der Waals surface area (Å²) in [7, 11) is 1.44. The second-order valence-corrected chi connectivity index (χ2v) is 7.62. The molecule has 0 atom stereocenters. The van der Waals surface area contributed by atoms with Gasteiger partial charge in [-0.15, -0.1) is 0 Å². The van der Waals surface area contributed by atoms with E-state index in [9.17, 15) is 13.2 Å². The fourth-order valence-corrected chi connectivity index (χ4v) is 2.65. The lowest BCUT2D eigenvalue weighted by molar-refractivity contribution is 0.0909. The van der Waals surface area contributed by atoms with Crippen molar-refractivity contribution >= 4 is 25.6 Å². The largest absolute Gasteiger partial charge is 0.347 e. The Kier molecular flexibility index (Phi) is 4.98. The Morgan fingerprint density at radius 2 is 2.00 bits per heavy atom. The fraction of sp³-hybridized carbons (Fsp3) is 0.462. The molecule has 0 unspecified atom stereocenters. The number of carbonyl (C=O) groups is 1. The number of nitrogens with one attached hydrogen (secondary N) is 1. The molecule has 0 saturated carbocycles. The summed E-state index contributed by atoms with van der Waals surface area (Å²) in [6, 6.07) is 5.69. The predicted molar refractivity (Wildman–Crippen MR) is 75.9 cm³/mol. The van der Waals surface area contributed by atoms with Gasteiger partial charge >= 0.3 is 0 Å². The number of benzene rings is 1. The minimum atomic E-state index is -3.82. The third-order valence-corrected chi connectivity index (χ3v) is 4.06. The standard InChI is InChI=1S/C13H18ClNO3S/c1-4-8-13(2,3)15-12(16)10-6-5-7-11(9-10)19(14,17)18/h5-7,9H,4,8H2,1-3H3,(H,15,16). The van der Waals surface area contributed by atoms with Crippen molar-refractivity contribution in [2.24, 2.45) is 0 Å². The Hall–Kier alpha value is -1.07. The molecule has 6 heteroatoms. The average Bonchev–Trinajstić information content (AvgIpc) is 2.27. The molecular formula is C13H18ClNO3S. The number of rotatable bonds is 5. The van der Waals surface area contributed by atoms with E-state index < -0.39 is 9.05 Å². The van der Waals surface area contributed by atoms with Crippen molar-refractivity contribution in [1.29, 1.82) is 0 Å². The zero-order chi connectivity index (χ0) is 14.7. The van der Waals surface area contributed by atoms with E-state index in [1.807, 2.05) is 20.8 Å². The zero-order valence-electron chi connectivity index (χ0n) is 11.2. The monoisotopic (exact) mass is 303 g/mol. The maximum absolute atomic E-state index is 12.1. The van der Waals surface area contributed by atoms with Gasteiger partial charge in [0.1, 0.15) is 0 Å². The third kappa shape index (κ3) is 4.84. The van der Waals surface area contributed by atoms with Crippen LogP contribution < -0.4 is 5.32 Å². The van der Waals surface area contributed by atoms with Crippen molar-refractivity contribution < 1.29 is 13.2 Å². The molecule has 0 saturated heterocycles. The van der Waals surface area contributed by atoms with E-state index in [1.54, 1.807) is 6.07 Å². The van der Waals surface area contributed by atoms with Crippen molar-refractivity contribution in [1.82, 2.24) is 5.32 Å². The molecule has 4 nitrogen and oxygen atoms in total. The van der Waals surface area contributed by atoms with Crippen LogP contribution in [0.5, 0.6) is 0 Å². The van der Waals surface area contributed by atoms with Gasteiger partial charge in [-0.25, -0.2) is 8.42 Å². The summed E-state index contributed by atoms with van der Waals surface area (Å²) < 4.78 is 22.5. The predicted octanol–water partition coefficient (Wildman–Crippen LogP) is 2.92. The van der Waals surface area contributed by atoms with Crippen LogP contribution in [0.4, 0.5) is 0 Å². The van der Waals surface area contributed by atoms with Gasteiger partial charge in [-0.05, 0) is 38.5 Å². The second-order valence-electron chi connectivity index (χ2n) is 5.05. The summed E-state index contributed by atoms with van der Waals surface area (Å²) >= 11 is 0. The number of amides is 1. The smallest absolute Gasteiger partial charge is 0.261 e. The molecule has 106 valence electrons. The zero-order valence-corrected chi connectivity index (χ0v) is 12.8. The highest BCUT2D eigenvalue weighted by molar-refractivity contribution is 8.13. The maximum Gasteiger partial charge on any atom is 0.261 e. The molecular weight excluding hydrogens is 286 g/mol. The Morgan fingerprint density at radius 3 is 2.53 bits per heavy atom. The highest BCUT2D eigenvalue weighted by Crippen LogP contribution is 2.17. The molecule has 1 N–H and O–H groups in total. The lowest BCUT2D eigenvalue weighted by Gasteiger charge is -2.25. The lowest BCUT2D eigenvalue weighted by Crippen LogP contribution is -2.43. The molecule has 0 fully saturated rings. The minimum Gasteiger partial charge on any atom is -0.347 e. The van der Waals surface area contributed by atoms with Crippen molar-refractivity contribution in [3.05, 3.63) is 29.8 Å². The van der Waals surface area contributed by atoms with Gasteiger partial charge in [0.2, 0.25) is 0 Å². The van der Waals surface area contributed by atoms with Crippen LogP contribution in [0.2, 0.25) is 0 Å². The molecule has 0 aliphatic heterocycles. The van der Waals surface area contributed by atoms with Gasteiger partial charge < -0.3 is 5.32 Å². The van der Waals surface area contributed by atoms with Gasteiger partial charge in [0, 0.05) is 21.8 Å². The lowest BCUT2D eigenvalue weighted by atomic mass is 9.98. The molecule has 1 amide bonds. The highest BCUT2D eigenvalue weighted by atomic mass is 35.7. The van der Waals surface area contributed by atoms with E-state index in [4.69, 9.17) is 10.7 Å². The van der Waals surface area contributed by atoms with Crippen LogP contribution in [-0.4, -0.2) is 19.9 Å². The summed E-state index contributed by atoms with van der Waals surface area (Å²) in [5, 5.41) is 2.88. The van der Waals surface area contributed by atoms with Gasteiger partial charge in [-0.3, -0.25) is 4.79 Å². The molecule has 0 bridgehead atoms. The van der Waals surface area contributed by atoms with Crippen molar-refractivity contribution in [3.8, 4) is 0 Å². The van der Waals surface area contributed by atoms with Crippen LogP contribution >= 0.6 is 10.7 Å². The first kappa shape index (κ1) is 16.0. The molecule has 1 aromatic carbocycles. The molecule has 0 aliphatic carbocycles. The molecule has 0 aliphatic rings. The van der Waals surface area contributed by atoms with Crippen LogP contribution in [-0.2, 0) is 9.05 Å². The summed E-state index contributed by atoms with van der Waals surface area (Å²) in [6.45, 7) is 5.89. The SMILES string of the molecule is CCCC(C)(C)NC(=O)c1cccc(S(=O)(=O)Cl)c1. The summed E-state index contributed by atoms with van der Waals surface area (Å²) in [6.07, 6.45) is 1.79. The summed E-state index contributed by atoms with van der Waals surface area (Å²) in [5.74, 6) is -0.305. The Balaban J connectivity index is 2.96. The molecule has 0 radical (unpaired) electrons. The van der Waals surface area contributed by atoms with Gasteiger partial charge in [-0.2, -0.15) is 0 Å². The Bertz CT molecular complexity index is 567. The third-order valence-electron chi connectivity index (χ3n) is 2.70.